The van der Waals surface area contributed by atoms with E-state index in [1.807, 2.05) is 6.07 Å². The Balaban J connectivity index is 1.98. The monoisotopic (exact) mass is 271 g/mol. The Hall–Kier alpha value is -2.76. The number of nitrogens with zero attached hydrogens (tertiary/aromatic N) is 2. The van der Waals surface area contributed by atoms with Crippen LogP contribution in [0.3, 0.4) is 0 Å². The van der Waals surface area contributed by atoms with Crippen LogP contribution in [-0.4, -0.2) is 16.3 Å². The molecule has 0 radical (unpaired) electrons. The van der Waals surface area contributed by atoms with Crippen molar-refractivity contribution in [2.45, 2.75) is 0 Å². The molecule has 0 atom stereocenters. The molecular weight excluding hydrogens is 261 g/mol. The molecule has 1 aliphatic heterocycles. The summed E-state index contributed by atoms with van der Waals surface area (Å²) >= 11 is 0. The predicted octanol–water partition coefficient (Wildman–Crippen LogP) is 2.48. The highest BCUT2D eigenvalue weighted by molar-refractivity contribution is 5.81. The molecule has 1 aromatic heterocycles. The third kappa shape index (κ3) is 1.45. The molecule has 0 unspecified atom stereocenters. The molecule has 2 aromatic carbocycles. The van der Waals surface area contributed by atoms with Gasteiger partial charge in [0, 0.05) is 6.07 Å². The van der Waals surface area contributed by atoms with E-state index >= 15 is 0 Å². The number of anilines is 1. The molecule has 5 nitrogen and oxygen atoms in total. The number of ether oxygens (including phenoxy) is 2. The molecule has 0 aliphatic carbocycles. The summed E-state index contributed by atoms with van der Waals surface area (Å²) in [5, 5.41) is 0. The van der Waals surface area contributed by atoms with Gasteiger partial charge < -0.3 is 15.2 Å². The lowest BCUT2D eigenvalue weighted by Crippen LogP contribution is -2.00. The molecular formula is C14H10FN3O2. The van der Waals surface area contributed by atoms with Gasteiger partial charge in [-0.05, 0) is 24.3 Å². The number of fused-ring (bicyclic) bond motifs is 2. The van der Waals surface area contributed by atoms with Gasteiger partial charge in [-0.3, -0.25) is 4.57 Å². The minimum Gasteiger partial charge on any atom is -0.454 e. The van der Waals surface area contributed by atoms with Crippen LogP contribution < -0.4 is 15.2 Å². The highest BCUT2D eigenvalue weighted by Gasteiger charge is 2.17. The average Bonchev–Trinajstić information content (AvgIpc) is 3.02. The second kappa shape index (κ2) is 3.86. The SMILES string of the molecule is Nc1nc2c(F)cccc2n1-c1ccc2c(c1)OCO2. The molecule has 3 aromatic rings. The van der Waals surface area contributed by atoms with Crippen molar-refractivity contribution in [1.29, 1.82) is 0 Å². The van der Waals surface area contributed by atoms with Gasteiger partial charge in [0.05, 0.1) is 11.2 Å². The first kappa shape index (κ1) is 11.1. The molecule has 100 valence electrons. The van der Waals surface area contributed by atoms with Crippen LogP contribution in [0.1, 0.15) is 0 Å². The lowest BCUT2D eigenvalue weighted by atomic mass is 10.2. The quantitative estimate of drug-likeness (QED) is 0.738. The van der Waals surface area contributed by atoms with Crippen molar-refractivity contribution in [3.8, 4) is 17.2 Å². The number of imidazole rings is 1. The number of rotatable bonds is 1. The zero-order valence-corrected chi connectivity index (χ0v) is 10.3. The van der Waals surface area contributed by atoms with Gasteiger partial charge in [-0.2, -0.15) is 0 Å². The average molecular weight is 271 g/mol. The smallest absolute Gasteiger partial charge is 0.231 e. The lowest BCUT2D eigenvalue weighted by molar-refractivity contribution is 0.174. The predicted molar refractivity (Wildman–Crippen MR) is 71.6 cm³/mol. The van der Waals surface area contributed by atoms with Crippen LogP contribution in [0.25, 0.3) is 16.7 Å². The maximum atomic E-state index is 13.7. The van der Waals surface area contributed by atoms with Gasteiger partial charge in [-0.25, -0.2) is 9.37 Å². The molecule has 0 fully saturated rings. The van der Waals surface area contributed by atoms with Crippen LogP contribution in [0.5, 0.6) is 11.5 Å². The van der Waals surface area contributed by atoms with Crippen molar-refractivity contribution in [3.63, 3.8) is 0 Å². The van der Waals surface area contributed by atoms with Crippen LogP contribution in [0.4, 0.5) is 10.3 Å². The standard InChI is InChI=1S/C14H10FN3O2/c15-9-2-1-3-10-13(9)17-14(16)18(10)8-4-5-11-12(6-8)20-7-19-11/h1-6H,7H2,(H2,16,17). The maximum absolute atomic E-state index is 13.7. The van der Waals surface area contributed by atoms with Crippen molar-refractivity contribution in [2.24, 2.45) is 0 Å². The number of para-hydroxylation sites is 1. The van der Waals surface area contributed by atoms with Crippen LogP contribution in [0.15, 0.2) is 36.4 Å². The molecule has 0 spiro atoms. The van der Waals surface area contributed by atoms with Crippen molar-refractivity contribution < 1.29 is 13.9 Å². The Morgan fingerprint density at radius 3 is 2.90 bits per heavy atom. The van der Waals surface area contributed by atoms with E-state index < -0.39 is 5.82 Å². The van der Waals surface area contributed by atoms with E-state index in [0.29, 0.717) is 17.0 Å². The largest absolute Gasteiger partial charge is 0.454 e. The fraction of sp³-hybridized carbons (Fsp3) is 0.0714. The summed E-state index contributed by atoms with van der Waals surface area (Å²) < 4.78 is 26.0. The minimum atomic E-state index is -0.395. The number of halogens is 1. The van der Waals surface area contributed by atoms with Gasteiger partial charge >= 0.3 is 0 Å². The van der Waals surface area contributed by atoms with Gasteiger partial charge in [-0.15, -0.1) is 0 Å². The molecule has 20 heavy (non-hydrogen) atoms. The van der Waals surface area contributed by atoms with Crippen LogP contribution in [-0.2, 0) is 0 Å². The first-order chi connectivity index (χ1) is 9.74. The molecule has 0 amide bonds. The molecule has 0 bridgehead atoms. The van der Waals surface area contributed by atoms with E-state index in [1.165, 1.54) is 6.07 Å². The highest BCUT2D eigenvalue weighted by atomic mass is 19.1. The molecule has 1 aliphatic rings. The number of benzene rings is 2. The molecule has 0 saturated carbocycles. The van der Waals surface area contributed by atoms with E-state index in [9.17, 15) is 4.39 Å². The summed E-state index contributed by atoms with van der Waals surface area (Å²) in [5.74, 6) is 1.15. The Bertz CT molecular complexity index is 829. The highest BCUT2D eigenvalue weighted by Crippen LogP contribution is 2.35. The van der Waals surface area contributed by atoms with Gasteiger partial charge in [-0.1, -0.05) is 6.07 Å². The fourth-order valence-corrected chi connectivity index (χ4v) is 2.38. The Labute approximate surface area is 113 Å². The van der Waals surface area contributed by atoms with Crippen molar-refractivity contribution in [1.82, 2.24) is 9.55 Å². The summed E-state index contributed by atoms with van der Waals surface area (Å²) in [7, 11) is 0. The van der Waals surface area contributed by atoms with Crippen molar-refractivity contribution >= 4 is 17.0 Å². The molecule has 2 N–H and O–H groups in total. The number of hydrogen-bond donors (Lipinski definition) is 1. The second-order valence-electron chi connectivity index (χ2n) is 4.45. The van der Waals surface area contributed by atoms with Crippen LogP contribution in [0, 0.1) is 5.82 Å². The molecule has 0 saturated heterocycles. The van der Waals surface area contributed by atoms with E-state index in [2.05, 4.69) is 4.98 Å². The molecule has 2 heterocycles. The summed E-state index contributed by atoms with van der Waals surface area (Å²) in [6.07, 6.45) is 0. The van der Waals surface area contributed by atoms with Gasteiger partial charge in [0.1, 0.15) is 5.52 Å². The third-order valence-corrected chi connectivity index (χ3v) is 3.28. The summed E-state index contributed by atoms with van der Waals surface area (Å²) in [4.78, 5) is 4.08. The number of nitrogens with two attached hydrogens (primary N) is 1. The van der Waals surface area contributed by atoms with Crippen molar-refractivity contribution in [2.75, 3.05) is 12.5 Å². The van der Waals surface area contributed by atoms with E-state index in [0.717, 1.165) is 5.69 Å². The first-order valence-corrected chi connectivity index (χ1v) is 6.06. The summed E-state index contributed by atoms with van der Waals surface area (Å²) in [5.41, 5.74) is 7.53. The topological polar surface area (TPSA) is 62.3 Å². The number of nitrogen functional groups attached to an aromatic ring is 1. The Morgan fingerprint density at radius 1 is 1.15 bits per heavy atom. The summed E-state index contributed by atoms with van der Waals surface area (Å²) in [6.45, 7) is 0.202. The molecule has 4 rings (SSSR count). The molecule has 6 heteroatoms. The Morgan fingerprint density at radius 2 is 2.00 bits per heavy atom. The Kier molecular flexibility index (Phi) is 2.14. The van der Waals surface area contributed by atoms with E-state index in [1.54, 1.807) is 28.8 Å². The van der Waals surface area contributed by atoms with Crippen LogP contribution in [0.2, 0.25) is 0 Å². The third-order valence-electron chi connectivity index (χ3n) is 3.28. The van der Waals surface area contributed by atoms with Crippen molar-refractivity contribution in [3.05, 3.63) is 42.2 Å². The van der Waals surface area contributed by atoms with E-state index in [-0.39, 0.29) is 18.3 Å². The van der Waals surface area contributed by atoms with E-state index in [4.69, 9.17) is 15.2 Å². The zero-order valence-electron chi connectivity index (χ0n) is 10.3. The van der Waals surface area contributed by atoms with Gasteiger partial charge in [0.25, 0.3) is 0 Å². The van der Waals surface area contributed by atoms with Crippen LogP contribution >= 0.6 is 0 Å². The second-order valence-corrected chi connectivity index (χ2v) is 4.45. The minimum absolute atomic E-state index is 0.202. The summed E-state index contributed by atoms with van der Waals surface area (Å²) in [6, 6.07) is 10.2. The zero-order chi connectivity index (χ0) is 13.7. The lowest BCUT2D eigenvalue weighted by Gasteiger charge is -2.07. The van der Waals surface area contributed by atoms with Gasteiger partial charge in [0.2, 0.25) is 12.7 Å². The fourth-order valence-electron chi connectivity index (χ4n) is 2.38. The van der Waals surface area contributed by atoms with Gasteiger partial charge in [0.15, 0.2) is 17.3 Å². The number of hydrogen-bond acceptors (Lipinski definition) is 4. The maximum Gasteiger partial charge on any atom is 0.231 e. The normalized spacial score (nSPS) is 13.1. The first-order valence-electron chi connectivity index (χ1n) is 6.06. The number of aromatic nitrogens is 2.